The lowest BCUT2D eigenvalue weighted by molar-refractivity contribution is 0.0562. The molecule has 0 bridgehead atoms. The van der Waals surface area contributed by atoms with Crippen molar-refractivity contribution in [1.82, 2.24) is 4.90 Å². The number of rotatable bonds is 5. The summed E-state index contributed by atoms with van der Waals surface area (Å²) in [4.78, 5) is 14.6. The molecule has 1 aromatic carbocycles. The topological polar surface area (TPSA) is 40.5 Å². The maximum absolute atomic E-state index is 12.7. The summed E-state index contributed by atoms with van der Waals surface area (Å²) in [5.41, 5.74) is 3.02. The van der Waals surface area contributed by atoms with E-state index in [9.17, 15) is 4.79 Å². The van der Waals surface area contributed by atoms with E-state index in [2.05, 4.69) is 6.07 Å². The second-order valence-corrected chi connectivity index (χ2v) is 5.48. The minimum Gasteiger partial charge on any atom is -0.396 e. The Morgan fingerprint density at radius 1 is 1.37 bits per heavy atom. The Labute approximate surface area is 115 Å². The van der Waals surface area contributed by atoms with Gasteiger partial charge in [0.25, 0.3) is 5.91 Å². The SMILES string of the molecule is Cc1ccc(C(=O)N(CCCO)C2CCC2)c(C)c1. The number of nitrogens with zero attached hydrogens (tertiary/aromatic N) is 1. The second kappa shape index (κ2) is 6.20. The number of carbonyl (C=O) groups excluding carboxylic acids is 1. The summed E-state index contributed by atoms with van der Waals surface area (Å²) in [5, 5.41) is 8.99. The van der Waals surface area contributed by atoms with Crippen LogP contribution >= 0.6 is 0 Å². The predicted molar refractivity (Wildman–Crippen MR) is 76.3 cm³/mol. The van der Waals surface area contributed by atoms with Crippen LogP contribution < -0.4 is 0 Å². The van der Waals surface area contributed by atoms with Crippen molar-refractivity contribution in [2.75, 3.05) is 13.2 Å². The third-order valence-electron chi connectivity index (χ3n) is 3.95. The molecule has 1 aliphatic carbocycles. The number of aliphatic hydroxyl groups is 1. The largest absolute Gasteiger partial charge is 0.396 e. The molecule has 1 fully saturated rings. The van der Waals surface area contributed by atoms with Crippen LogP contribution in [-0.4, -0.2) is 35.1 Å². The molecule has 1 amide bonds. The van der Waals surface area contributed by atoms with E-state index in [0.29, 0.717) is 19.0 Å². The van der Waals surface area contributed by atoms with Gasteiger partial charge in [0.05, 0.1) is 0 Å². The summed E-state index contributed by atoms with van der Waals surface area (Å²) in [6.45, 7) is 4.83. The van der Waals surface area contributed by atoms with Crippen molar-refractivity contribution in [2.24, 2.45) is 0 Å². The van der Waals surface area contributed by atoms with Crippen LogP contribution in [0.2, 0.25) is 0 Å². The van der Waals surface area contributed by atoms with Gasteiger partial charge in [-0.2, -0.15) is 0 Å². The average Bonchev–Trinajstić information content (AvgIpc) is 2.31. The van der Waals surface area contributed by atoms with Crippen LogP contribution in [0.3, 0.4) is 0 Å². The molecule has 0 aromatic heterocycles. The van der Waals surface area contributed by atoms with Crippen molar-refractivity contribution in [2.45, 2.75) is 45.6 Å². The second-order valence-electron chi connectivity index (χ2n) is 5.48. The van der Waals surface area contributed by atoms with E-state index in [1.807, 2.05) is 30.9 Å². The summed E-state index contributed by atoms with van der Waals surface area (Å²) in [5.74, 6) is 0.121. The molecule has 0 heterocycles. The number of hydrogen-bond acceptors (Lipinski definition) is 2. The molecule has 1 aliphatic rings. The Kier molecular flexibility index (Phi) is 4.59. The fourth-order valence-electron chi connectivity index (χ4n) is 2.60. The molecular formula is C16H23NO2. The van der Waals surface area contributed by atoms with Crippen LogP contribution in [0.1, 0.15) is 47.2 Å². The Balaban J connectivity index is 2.17. The predicted octanol–water partition coefficient (Wildman–Crippen LogP) is 2.68. The highest BCUT2D eigenvalue weighted by Crippen LogP contribution is 2.27. The molecule has 0 atom stereocenters. The highest BCUT2D eigenvalue weighted by molar-refractivity contribution is 5.96. The van der Waals surface area contributed by atoms with Gasteiger partial charge in [-0.3, -0.25) is 4.79 Å². The standard InChI is InChI=1S/C16H23NO2/c1-12-7-8-15(13(2)11-12)16(19)17(9-4-10-18)14-5-3-6-14/h7-8,11,14,18H,3-6,9-10H2,1-2H3. The monoisotopic (exact) mass is 261 g/mol. The van der Waals surface area contributed by atoms with Gasteiger partial charge in [0.1, 0.15) is 0 Å². The smallest absolute Gasteiger partial charge is 0.254 e. The van der Waals surface area contributed by atoms with Crippen molar-refractivity contribution in [1.29, 1.82) is 0 Å². The van der Waals surface area contributed by atoms with E-state index >= 15 is 0 Å². The van der Waals surface area contributed by atoms with Crippen LogP contribution in [-0.2, 0) is 0 Å². The molecule has 2 rings (SSSR count). The zero-order valence-electron chi connectivity index (χ0n) is 11.9. The van der Waals surface area contributed by atoms with E-state index in [-0.39, 0.29) is 12.5 Å². The normalized spacial score (nSPS) is 15.1. The van der Waals surface area contributed by atoms with E-state index in [1.165, 1.54) is 12.0 Å². The maximum Gasteiger partial charge on any atom is 0.254 e. The van der Waals surface area contributed by atoms with Crippen molar-refractivity contribution in [3.63, 3.8) is 0 Å². The van der Waals surface area contributed by atoms with E-state index in [1.54, 1.807) is 0 Å². The van der Waals surface area contributed by atoms with Crippen LogP contribution in [0.15, 0.2) is 18.2 Å². The van der Waals surface area contributed by atoms with E-state index in [4.69, 9.17) is 5.11 Å². The number of amides is 1. The van der Waals surface area contributed by atoms with E-state index in [0.717, 1.165) is 24.0 Å². The van der Waals surface area contributed by atoms with Gasteiger partial charge >= 0.3 is 0 Å². The molecule has 1 aromatic rings. The summed E-state index contributed by atoms with van der Waals surface area (Å²) in [7, 11) is 0. The van der Waals surface area contributed by atoms with E-state index < -0.39 is 0 Å². The summed E-state index contributed by atoms with van der Waals surface area (Å²) in [6.07, 6.45) is 4.07. The summed E-state index contributed by atoms with van der Waals surface area (Å²) >= 11 is 0. The van der Waals surface area contributed by atoms with Crippen LogP contribution in [0, 0.1) is 13.8 Å². The Morgan fingerprint density at radius 2 is 2.11 bits per heavy atom. The molecular weight excluding hydrogens is 238 g/mol. The highest BCUT2D eigenvalue weighted by Gasteiger charge is 2.29. The first kappa shape index (κ1) is 14.1. The fraction of sp³-hybridized carbons (Fsp3) is 0.562. The number of aliphatic hydroxyl groups excluding tert-OH is 1. The third kappa shape index (κ3) is 3.16. The van der Waals surface area contributed by atoms with Gasteiger partial charge in [-0.15, -0.1) is 0 Å². The van der Waals surface area contributed by atoms with Crippen molar-refractivity contribution in [3.8, 4) is 0 Å². The lowest BCUT2D eigenvalue weighted by Crippen LogP contribution is -2.45. The molecule has 0 radical (unpaired) electrons. The Hall–Kier alpha value is -1.35. The number of aryl methyl sites for hydroxylation is 2. The molecule has 3 heteroatoms. The first-order valence-corrected chi connectivity index (χ1v) is 7.12. The van der Waals surface area contributed by atoms with Crippen molar-refractivity contribution < 1.29 is 9.90 Å². The minimum atomic E-state index is 0.121. The van der Waals surface area contributed by atoms with Gasteiger partial charge in [-0.05, 0) is 51.2 Å². The van der Waals surface area contributed by atoms with Crippen LogP contribution in [0.4, 0.5) is 0 Å². The van der Waals surface area contributed by atoms with Gasteiger partial charge in [-0.25, -0.2) is 0 Å². The molecule has 0 unspecified atom stereocenters. The molecule has 0 aliphatic heterocycles. The number of hydrogen-bond donors (Lipinski definition) is 1. The zero-order valence-corrected chi connectivity index (χ0v) is 11.9. The summed E-state index contributed by atoms with van der Waals surface area (Å²) < 4.78 is 0. The van der Waals surface area contributed by atoms with Crippen LogP contribution in [0.5, 0.6) is 0 Å². The number of benzene rings is 1. The average molecular weight is 261 g/mol. The third-order valence-corrected chi connectivity index (χ3v) is 3.95. The summed E-state index contributed by atoms with van der Waals surface area (Å²) in [6, 6.07) is 6.35. The highest BCUT2D eigenvalue weighted by atomic mass is 16.3. The van der Waals surface area contributed by atoms with Crippen LogP contribution in [0.25, 0.3) is 0 Å². The lowest BCUT2D eigenvalue weighted by atomic mass is 9.90. The van der Waals surface area contributed by atoms with Gasteiger partial charge in [0.2, 0.25) is 0 Å². The van der Waals surface area contributed by atoms with Gasteiger partial charge in [-0.1, -0.05) is 17.7 Å². The zero-order chi connectivity index (χ0) is 13.8. The molecule has 104 valence electrons. The first-order chi connectivity index (χ1) is 9.13. The first-order valence-electron chi connectivity index (χ1n) is 7.12. The van der Waals surface area contributed by atoms with Crippen molar-refractivity contribution in [3.05, 3.63) is 34.9 Å². The Bertz CT molecular complexity index is 452. The molecule has 19 heavy (non-hydrogen) atoms. The van der Waals surface area contributed by atoms with Crippen molar-refractivity contribution >= 4 is 5.91 Å². The van der Waals surface area contributed by atoms with Gasteiger partial charge in [0, 0.05) is 24.8 Å². The molecule has 0 saturated heterocycles. The minimum absolute atomic E-state index is 0.121. The molecule has 1 saturated carbocycles. The maximum atomic E-state index is 12.7. The molecule has 3 nitrogen and oxygen atoms in total. The van der Waals surface area contributed by atoms with Gasteiger partial charge < -0.3 is 10.0 Å². The fourth-order valence-corrected chi connectivity index (χ4v) is 2.60. The van der Waals surface area contributed by atoms with Gasteiger partial charge in [0.15, 0.2) is 0 Å². The molecule has 1 N–H and O–H groups in total. The Morgan fingerprint density at radius 3 is 2.63 bits per heavy atom. The molecule has 0 spiro atoms. The lowest BCUT2D eigenvalue weighted by Gasteiger charge is -2.38. The number of carbonyl (C=O) groups is 1. The quantitative estimate of drug-likeness (QED) is 0.885.